The van der Waals surface area contributed by atoms with Crippen LogP contribution in [0.15, 0.2) is 58.6 Å². The predicted molar refractivity (Wildman–Crippen MR) is 114 cm³/mol. The van der Waals surface area contributed by atoms with Gasteiger partial charge in [0, 0.05) is 30.1 Å². The average molecular weight is 428 g/mol. The Labute approximate surface area is 176 Å². The van der Waals surface area contributed by atoms with Gasteiger partial charge in [-0.15, -0.1) is 10.2 Å². The second-order valence-electron chi connectivity index (χ2n) is 6.23. The molecule has 0 aliphatic rings. The summed E-state index contributed by atoms with van der Waals surface area (Å²) in [6.07, 6.45) is 1.57. The number of pyridine rings is 1. The van der Waals surface area contributed by atoms with Crippen LogP contribution in [0, 0.1) is 0 Å². The lowest BCUT2D eigenvalue weighted by Gasteiger charge is -2.08. The standard InChI is InChI=1S/C20H18ClN5O2S/c1-3-25-19(13-4-7-16(28-2)8-5-13)23-24-20(25)29-12-15-10-18(27)26-11-14(21)6-9-17(26)22-15/h4-11H,3,12H2,1-2H3. The molecular weight excluding hydrogens is 410 g/mol. The van der Waals surface area contributed by atoms with Crippen LogP contribution in [0.25, 0.3) is 17.0 Å². The molecule has 29 heavy (non-hydrogen) atoms. The molecule has 7 nitrogen and oxygen atoms in total. The van der Waals surface area contributed by atoms with Crippen molar-refractivity contribution in [2.24, 2.45) is 0 Å². The summed E-state index contributed by atoms with van der Waals surface area (Å²) in [5.41, 5.74) is 2.04. The molecule has 3 aromatic heterocycles. The van der Waals surface area contributed by atoms with Crippen molar-refractivity contribution in [2.75, 3.05) is 7.11 Å². The summed E-state index contributed by atoms with van der Waals surface area (Å²) in [7, 11) is 1.64. The molecular formula is C20H18ClN5O2S. The number of hydrogen-bond acceptors (Lipinski definition) is 6. The third-order valence-electron chi connectivity index (χ3n) is 4.41. The lowest BCUT2D eigenvalue weighted by molar-refractivity contribution is 0.415. The van der Waals surface area contributed by atoms with Crippen molar-refractivity contribution in [3.05, 3.63) is 69.7 Å². The van der Waals surface area contributed by atoms with Crippen LogP contribution in [0.2, 0.25) is 5.02 Å². The van der Waals surface area contributed by atoms with Crippen molar-refractivity contribution in [3.8, 4) is 17.1 Å². The minimum Gasteiger partial charge on any atom is -0.497 e. The largest absolute Gasteiger partial charge is 0.497 e. The Morgan fingerprint density at radius 1 is 1.14 bits per heavy atom. The van der Waals surface area contributed by atoms with Crippen molar-refractivity contribution in [3.63, 3.8) is 0 Å². The van der Waals surface area contributed by atoms with Gasteiger partial charge in [0.1, 0.15) is 11.4 Å². The highest BCUT2D eigenvalue weighted by molar-refractivity contribution is 7.98. The Bertz CT molecular complexity index is 1220. The number of fused-ring (bicyclic) bond motifs is 1. The summed E-state index contributed by atoms with van der Waals surface area (Å²) in [6.45, 7) is 2.77. The number of benzene rings is 1. The first-order chi connectivity index (χ1) is 14.1. The van der Waals surface area contributed by atoms with E-state index in [4.69, 9.17) is 16.3 Å². The van der Waals surface area contributed by atoms with Gasteiger partial charge in [-0.25, -0.2) is 4.98 Å². The fourth-order valence-electron chi connectivity index (χ4n) is 2.97. The summed E-state index contributed by atoms with van der Waals surface area (Å²) in [6, 6.07) is 12.7. The van der Waals surface area contributed by atoms with Crippen molar-refractivity contribution in [2.45, 2.75) is 24.4 Å². The summed E-state index contributed by atoms with van der Waals surface area (Å²) in [4.78, 5) is 16.9. The van der Waals surface area contributed by atoms with Crippen LogP contribution in [0.4, 0.5) is 0 Å². The predicted octanol–water partition coefficient (Wildman–Crippen LogP) is 3.93. The summed E-state index contributed by atoms with van der Waals surface area (Å²) in [5.74, 6) is 2.09. The molecule has 1 aromatic carbocycles. The molecule has 0 atom stereocenters. The fraction of sp³-hybridized carbons (Fsp3) is 0.200. The lowest BCUT2D eigenvalue weighted by Crippen LogP contribution is -2.15. The van der Waals surface area contributed by atoms with E-state index in [0.717, 1.165) is 28.8 Å². The van der Waals surface area contributed by atoms with Crippen LogP contribution in [-0.2, 0) is 12.3 Å². The third kappa shape index (κ3) is 3.99. The van der Waals surface area contributed by atoms with Crippen molar-refractivity contribution in [1.82, 2.24) is 24.1 Å². The first kappa shape index (κ1) is 19.5. The molecule has 0 saturated carbocycles. The minimum absolute atomic E-state index is 0.163. The van der Waals surface area contributed by atoms with Gasteiger partial charge in [0.05, 0.1) is 17.8 Å². The number of halogens is 1. The topological polar surface area (TPSA) is 74.3 Å². The van der Waals surface area contributed by atoms with E-state index in [2.05, 4.69) is 15.2 Å². The SMILES string of the molecule is CCn1c(SCc2cc(=O)n3cc(Cl)ccc3n2)nnc1-c1ccc(OC)cc1. The molecule has 4 rings (SSSR count). The average Bonchev–Trinajstić information content (AvgIpc) is 3.15. The maximum absolute atomic E-state index is 12.3. The van der Waals surface area contributed by atoms with Gasteiger partial charge in [0.2, 0.25) is 0 Å². The number of thioether (sulfide) groups is 1. The molecule has 0 radical (unpaired) electrons. The highest BCUT2D eigenvalue weighted by Gasteiger charge is 2.14. The Balaban J connectivity index is 1.58. The zero-order chi connectivity index (χ0) is 20.4. The van der Waals surface area contributed by atoms with E-state index >= 15 is 0 Å². The zero-order valence-corrected chi connectivity index (χ0v) is 17.4. The van der Waals surface area contributed by atoms with E-state index in [1.165, 1.54) is 22.2 Å². The van der Waals surface area contributed by atoms with Gasteiger partial charge in [-0.05, 0) is 43.3 Å². The van der Waals surface area contributed by atoms with Gasteiger partial charge in [0.15, 0.2) is 11.0 Å². The maximum atomic E-state index is 12.3. The van der Waals surface area contributed by atoms with Crippen LogP contribution >= 0.6 is 23.4 Å². The molecule has 0 aliphatic carbocycles. The Hall–Kier alpha value is -2.84. The van der Waals surface area contributed by atoms with Crippen LogP contribution < -0.4 is 10.3 Å². The molecule has 9 heteroatoms. The summed E-state index contributed by atoms with van der Waals surface area (Å²) < 4.78 is 8.69. The number of aromatic nitrogens is 5. The second kappa shape index (κ2) is 8.26. The monoisotopic (exact) mass is 427 g/mol. The van der Waals surface area contributed by atoms with Crippen LogP contribution in [0.5, 0.6) is 5.75 Å². The van der Waals surface area contributed by atoms with Gasteiger partial charge in [-0.3, -0.25) is 9.20 Å². The van der Waals surface area contributed by atoms with Crippen LogP contribution in [0.3, 0.4) is 0 Å². The van der Waals surface area contributed by atoms with Crippen molar-refractivity contribution in [1.29, 1.82) is 0 Å². The van der Waals surface area contributed by atoms with Gasteiger partial charge in [0.25, 0.3) is 5.56 Å². The number of methoxy groups -OCH3 is 1. The van der Waals surface area contributed by atoms with Crippen LogP contribution in [-0.4, -0.2) is 31.3 Å². The summed E-state index contributed by atoms with van der Waals surface area (Å²) >= 11 is 7.45. The smallest absolute Gasteiger partial charge is 0.258 e. The Morgan fingerprint density at radius 3 is 2.66 bits per heavy atom. The highest BCUT2D eigenvalue weighted by Crippen LogP contribution is 2.27. The van der Waals surface area contributed by atoms with Gasteiger partial charge < -0.3 is 9.30 Å². The number of nitrogens with zero attached hydrogens (tertiary/aromatic N) is 5. The minimum atomic E-state index is -0.163. The molecule has 0 bridgehead atoms. The van der Waals surface area contributed by atoms with Gasteiger partial charge in [-0.2, -0.15) is 0 Å². The van der Waals surface area contributed by atoms with E-state index in [0.29, 0.717) is 22.1 Å². The zero-order valence-electron chi connectivity index (χ0n) is 15.9. The van der Waals surface area contributed by atoms with Crippen LogP contribution in [0.1, 0.15) is 12.6 Å². The molecule has 0 aliphatic heterocycles. The molecule has 4 aromatic rings. The Morgan fingerprint density at radius 2 is 1.93 bits per heavy atom. The lowest BCUT2D eigenvalue weighted by atomic mass is 10.2. The van der Waals surface area contributed by atoms with E-state index in [1.807, 2.05) is 35.8 Å². The maximum Gasteiger partial charge on any atom is 0.258 e. The fourth-order valence-corrected chi connectivity index (χ4v) is 4.03. The van der Waals surface area contributed by atoms with Gasteiger partial charge in [-0.1, -0.05) is 23.4 Å². The normalized spacial score (nSPS) is 11.1. The van der Waals surface area contributed by atoms with Gasteiger partial charge >= 0.3 is 0 Å². The molecule has 0 N–H and O–H groups in total. The number of rotatable bonds is 6. The highest BCUT2D eigenvalue weighted by atomic mass is 35.5. The Kier molecular flexibility index (Phi) is 5.55. The quantitative estimate of drug-likeness (QED) is 0.434. The molecule has 148 valence electrons. The van der Waals surface area contributed by atoms with Crippen molar-refractivity contribution < 1.29 is 4.74 Å². The van der Waals surface area contributed by atoms with E-state index in [-0.39, 0.29) is 5.56 Å². The third-order valence-corrected chi connectivity index (χ3v) is 5.63. The number of ether oxygens (including phenoxy) is 1. The molecule has 0 unspecified atom stereocenters. The first-order valence-corrected chi connectivity index (χ1v) is 10.3. The number of hydrogen-bond donors (Lipinski definition) is 0. The van der Waals surface area contributed by atoms with E-state index in [9.17, 15) is 4.79 Å². The summed E-state index contributed by atoms with van der Waals surface area (Å²) in [5, 5.41) is 9.95. The molecule has 0 saturated heterocycles. The van der Waals surface area contributed by atoms with E-state index < -0.39 is 0 Å². The van der Waals surface area contributed by atoms with E-state index in [1.54, 1.807) is 25.4 Å². The van der Waals surface area contributed by atoms with Crippen molar-refractivity contribution >= 4 is 29.0 Å². The molecule has 0 amide bonds. The molecule has 3 heterocycles. The second-order valence-corrected chi connectivity index (χ2v) is 7.61. The first-order valence-electron chi connectivity index (χ1n) is 8.97. The molecule has 0 spiro atoms. The molecule has 0 fully saturated rings.